The quantitative estimate of drug-likeness (QED) is 0.626. The minimum atomic E-state index is 0. The zero-order valence-electron chi connectivity index (χ0n) is 16.2. The standard InChI is InChI=1S/C25H24O3.CH4/c1-27-19-8-9-21-17(11-19)13-24-23(21)12-15-6-7-20(28-2)14-22(15)25(24)16-4-3-5-18(26)10-16;/h3-11,14,23-26H,12-13H2,1-2H3;1H4. The zero-order chi connectivity index (χ0) is 19.3. The third-order valence-corrected chi connectivity index (χ3v) is 6.51. The van der Waals surface area contributed by atoms with Gasteiger partial charge in [0, 0.05) is 5.92 Å². The van der Waals surface area contributed by atoms with Crippen molar-refractivity contribution in [2.24, 2.45) is 5.92 Å². The van der Waals surface area contributed by atoms with Crippen LogP contribution in [0.4, 0.5) is 0 Å². The minimum Gasteiger partial charge on any atom is -0.508 e. The first-order valence-electron chi connectivity index (χ1n) is 9.80. The van der Waals surface area contributed by atoms with E-state index in [0.29, 0.717) is 17.6 Å². The van der Waals surface area contributed by atoms with E-state index in [1.807, 2.05) is 12.1 Å². The average molecular weight is 389 g/mol. The molecule has 3 unspecified atom stereocenters. The lowest BCUT2D eigenvalue weighted by Gasteiger charge is -2.37. The molecular formula is C26H28O3. The Labute approximate surface area is 172 Å². The second kappa shape index (κ2) is 7.47. The predicted molar refractivity (Wildman–Crippen MR) is 116 cm³/mol. The summed E-state index contributed by atoms with van der Waals surface area (Å²) in [7, 11) is 3.44. The normalized spacial score (nSPS) is 21.4. The molecule has 0 bridgehead atoms. The summed E-state index contributed by atoms with van der Waals surface area (Å²) in [5.41, 5.74) is 6.70. The molecule has 3 aromatic carbocycles. The molecule has 0 aliphatic heterocycles. The molecule has 29 heavy (non-hydrogen) atoms. The van der Waals surface area contributed by atoms with Gasteiger partial charge in [0.15, 0.2) is 0 Å². The van der Waals surface area contributed by atoms with Crippen LogP contribution in [-0.4, -0.2) is 19.3 Å². The van der Waals surface area contributed by atoms with Crippen molar-refractivity contribution in [3.63, 3.8) is 0 Å². The fourth-order valence-corrected chi connectivity index (χ4v) is 5.27. The van der Waals surface area contributed by atoms with Crippen LogP contribution in [0, 0.1) is 5.92 Å². The Morgan fingerprint density at radius 1 is 0.793 bits per heavy atom. The Kier molecular flexibility index (Phi) is 4.99. The van der Waals surface area contributed by atoms with Gasteiger partial charge in [-0.3, -0.25) is 0 Å². The van der Waals surface area contributed by atoms with Crippen molar-refractivity contribution in [2.75, 3.05) is 14.2 Å². The number of phenols is 1. The van der Waals surface area contributed by atoms with Crippen LogP contribution in [0.25, 0.3) is 0 Å². The van der Waals surface area contributed by atoms with E-state index in [2.05, 4.69) is 42.5 Å². The van der Waals surface area contributed by atoms with Gasteiger partial charge >= 0.3 is 0 Å². The first-order valence-corrected chi connectivity index (χ1v) is 9.80. The van der Waals surface area contributed by atoms with Crippen molar-refractivity contribution in [1.82, 2.24) is 0 Å². The van der Waals surface area contributed by atoms with E-state index in [-0.39, 0.29) is 13.3 Å². The maximum absolute atomic E-state index is 10.1. The molecule has 5 rings (SSSR count). The smallest absolute Gasteiger partial charge is 0.119 e. The van der Waals surface area contributed by atoms with E-state index < -0.39 is 0 Å². The second-order valence-corrected chi connectivity index (χ2v) is 7.88. The molecule has 0 fully saturated rings. The molecule has 0 saturated heterocycles. The van der Waals surface area contributed by atoms with Gasteiger partial charge in [-0.05, 0) is 88.9 Å². The van der Waals surface area contributed by atoms with Crippen molar-refractivity contribution >= 4 is 0 Å². The van der Waals surface area contributed by atoms with Crippen LogP contribution >= 0.6 is 0 Å². The molecule has 0 heterocycles. The molecule has 150 valence electrons. The fraction of sp³-hybridized carbons (Fsp3) is 0.308. The number of phenolic OH excluding ortho intramolecular Hbond substituents is 1. The van der Waals surface area contributed by atoms with Gasteiger partial charge in [-0.1, -0.05) is 31.7 Å². The molecule has 2 aliphatic carbocycles. The SMILES string of the molecule is C.COc1ccc2c(c1)CC1C2Cc2ccc(OC)cc2C1c1cccc(O)c1. The number of benzene rings is 3. The summed E-state index contributed by atoms with van der Waals surface area (Å²) in [4.78, 5) is 0. The van der Waals surface area contributed by atoms with Crippen LogP contribution in [0.15, 0.2) is 60.7 Å². The molecule has 0 spiro atoms. The highest BCUT2D eigenvalue weighted by molar-refractivity contribution is 5.52. The van der Waals surface area contributed by atoms with E-state index in [0.717, 1.165) is 24.3 Å². The number of ether oxygens (including phenoxy) is 2. The Morgan fingerprint density at radius 3 is 2.31 bits per heavy atom. The van der Waals surface area contributed by atoms with Gasteiger partial charge in [0.05, 0.1) is 14.2 Å². The molecule has 0 aromatic heterocycles. The lowest BCUT2D eigenvalue weighted by atomic mass is 9.67. The molecule has 2 aliphatic rings. The lowest BCUT2D eigenvalue weighted by Crippen LogP contribution is -2.26. The highest BCUT2D eigenvalue weighted by atomic mass is 16.5. The fourth-order valence-electron chi connectivity index (χ4n) is 5.27. The van der Waals surface area contributed by atoms with Gasteiger partial charge in [0.25, 0.3) is 0 Å². The molecule has 0 radical (unpaired) electrons. The number of rotatable bonds is 3. The summed E-state index contributed by atoms with van der Waals surface area (Å²) >= 11 is 0. The predicted octanol–water partition coefficient (Wildman–Crippen LogP) is 5.69. The summed E-state index contributed by atoms with van der Waals surface area (Å²) < 4.78 is 11.0. The monoisotopic (exact) mass is 388 g/mol. The van der Waals surface area contributed by atoms with Crippen molar-refractivity contribution < 1.29 is 14.6 Å². The zero-order valence-corrected chi connectivity index (χ0v) is 16.2. The van der Waals surface area contributed by atoms with Crippen LogP contribution in [0.3, 0.4) is 0 Å². The van der Waals surface area contributed by atoms with Gasteiger partial charge in [-0.25, -0.2) is 0 Å². The average Bonchev–Trinajstić information content (AvgIpc) is 3.08. The first kappa shape index (κ1) is 19.4. The van der Waals surface area contributed by atoms with E-state index in [1.54, 1.807) is 20.3 Å². The Balaban J connectivity index is 0.00000205. The van der Waals surface area contributed by atoms with Gasteiger partial charge in [0.1, 0.15) is 17.2 Å². The van der Waals surface area contributed by atoms with Crippen molar-refractivity contribution in [3.8, 4) is 17.2 Å². The highest BCUT2D eigenvalue weighted by Gasteiger charge is 2.43. The van der Waals surface area contributed by atoms with Gasteiger partial charge in [-0.2, -0.15) is 0 Å². The largest absolute Gasteiger partial charge is 0.508 e. The third kappa shape index (κ3) is 3.15. The Bertz CT molecular complexity index is 1040. The molecule has 3 nitrogen and oxygen atoms in total. The van der Waals surface area contributed by atoms with Crippen LogP contribution < -0.4 is 9.47 Å². The van der Waals surface area contributed by atoms with E-state index in [4.69, 9.17) is 9.47 Å². The molecule has 1 N–H and O–H groups in total. The van der Waals surface area contributed by atoms with Crippen LogP contribution in [0.5, 0.6) is 17.2 Å². The third-order valence-electron chi connectivity index (χ3n) is 6.51. The summed E-state index contributed by atoms with van der Waals surface area (Å²) in [5.74, 6) is 3.30. The molecule has 3 aromatic rings. The summed E-state index contributed by atoms with van der Waals surface area (Å²) in [6.45, 7) is 0. The van der Waals surface area contributed by atoms with Crippen molar-refractivity contribution in [3.05, 3.63) is 88.5 Å². The van der Waals surface area contributed by atoms with Gasteiger partial charge < -0.3 is 14.6 Å². The van der Waals surface area contributed by atoms with Crippen molar-refractivity contribution in [2.45, 2.75) is 32.1 Å². The van der Waals surface area contributed by atoms with E-state index >= 15 is 0 Å². The Morgan fingerprint density at radius 2 is 1.55 bits per heavy atom. The number of fused-ring (bicyclic) bond motifs is 4. The van der Waals surface area contributed by atoms with Crippen molar-refractivity contribution in [1.29, 1.82) is 0 Å². The molecule has 0 amide bonds. The first-order chi connectivity index (χ1) is 13.7. The maximum Gasteiger partial charge on any atom is 0.119 e. The van der Waals surface area contributed by atoms with Crippen LogP contribution in [0.2, 0.25) is 0 Å². The van der Waals surface area contributed by atoms with Gasteiger partial charge in [-0.15, -0.1) is 0 Å². The maximum atomic E-state index is 10.1. The number of hydrogen-bond donors (Lipinski definition) is 1. The van der Waals surface area contributed by atoms with Crippen LogP contribution in [0.1, 0.15) is 47.1 Å². The summed E-state index contributed by atoms with van der Waals surface area (Å²) in [6.07, 6.45) is 2.06. The highest BCUT2D eigenvalue weighted by Crippen LogP contribution is 2.54. The molecule has 3 heteroatoms. The molecule has 3 atom stereocenters. The molecule has 0 saturated carbocycles. The van der Waals surface area contributed by atoms with E-state index in [1.165, 1.54) is 27.8 Å². The number of hydrogen-bond acceptors (Lipinski definition) is 3. The Hall–Kier alpha value is -2.94. The minimum absolute atomic E-state index is 0. The van der Waals surface area contributed by atoms with Crippen LogP contribution in [-0.2, 0) is 12.8 Å². The second-order valence-electron chi connectivity index (χ2n) is 7.88. The summed E-state index contributed by atoms with van der Waals surface area (Å²) in [6, 6.07) is 20.7. The summed E-state index contributed by atoms with van der Waals surface area (Å²) in [5, 5.41) is 10.1. The van der Waals surface area contributed by atoms with E-state index in [9.17, 15) is 5.11 Å². The topological polar surface area (TPSA) is 38.7 Å². The number of aromatic hydroxyl groups is 1. The molecular weight excluding hydrogens is 360 g/mol. The number of methoxy groups -OCH3 is 2. The lowest BCUT2D eigenvalue weighted by molar-refractivity contribution is 0.375. The van der Waals surface area contributed by atoms with Gasteiger partial charge in [0.2, 0.25) is 0 Å².